The molecule has 0 N–H and O–H groups in total. The first-order valence-electron chi connectivity index (χ1n) is 8.90. The summed E-state index contributed by atoms with van der Waals surface area (Å²) in [7, 11) is 0. The van der Waals surface area contributed by atoms with E-state index < -0.39 is 11.9 Å². The zero-order valence-corrected chi connectivity index (χ0v) is 15.4. The third kappa shape index (κ3) is 3.42. The van der Waals surface area contributed by atoms with E-state index in [0.717, 1.165) is 18.8 Å². The van der Waals surface area contributed by atoms with E-state index >= 15 is 0 Å². The van der Waals surface area contributed by atoms with E-state index in [0.29, 0.717) is 23.8 Å². The van der Waals surface area contributed by atoms with Crippen LogP contribution in [0.3, 0.4) is 0 Å². The second-order valence-corrected chi connectivity index (χ2v) is 7.15. The molecule has 0 aliphatic carbocycles. The van der Waals surface area contributed by atoms with E-state index in [1.165, 1.54) is 29.2 Å². The maximum Gasteiger partial charge on any atom is 0.251 e. The number of imide groups is 1. The number of carbonyl (C=O) groups excluding carboxylic acids is 2. The molecule has 2 heterocycles. The Balaban J connectivity index is 1.44. The minimum absolute atomic E-state index is 0.155. The number of piperazine rings is 1. The fourth-order valence-corrected chi connectivity index (χ4v) is 4.00. The van der Waals surface area contributed by atoms with Crippen LogP contribution in [0.5, 0.6) is 0 Å². The molecule has 2 saturated heterocycles. The molecule has 27 heavy (non-hydrogen) atoms. The van der Waals surface area contributed by atoms with Crippen LogP contribution < -0.4 is 9.80 Å². The largest absolute Gasteiger partial charge is 0.368 e. The molecule has 5 nitrogen and oxygen atoms in total. The van der Waals surface area contributed by atoms with E-state index in [2.05, 4.69) is 9.80 Å². The van der Waals surface area contributed by atoms with E-state index in [-0.39, 0.29) is 18.2 Å². The molecule has 2 fully saturated rings. The summed E-state index contributed by atoms with van der Waals surface area (Å²) in [6.07, 6.45) is 0.155. The molecular weight excluding hydrogens is 369 g/mol. The second-order valence-electron chi connectivity index (χ2n) is 6.74. The van der Waals surface area contributed by atoms with Crippen molar-refractivity contribution in [2.75, 3.05) is 36.0 Å². The number of rotatable bonds is 3. The summed E-state index contributed by atoms with van der Waals surface area (Å²) < 4.78 is 13.1. The summed E-state index contributed by atoms with van der Waals surface area (Å²) in [4.78, 5) is 30.7. The normalized spacial score (nSPS) is 21.2. The zero-order chi connectivity index (χ0) is 19.0. The molecular formula is C20H19ClFN3O2. The number of amides is 2. The van der Waals surface area contributed by atoms with E-state index in [1.807, 2.05) is 24.3 Å². The lowest BCUT2D eigenvalue weighted by molar-refractivity contribution is -0.123. The van der Waals surface area contributed by atoms with Crippen molar-refractivity contribution in [2.45, 2.75) is 12.5 Å². The van der Waals surface area contributed by atoms with Crippen LogP contribution in [0.15, 0.2) is 48.5 Å². The van der Waals surface area contributed by atoms with Gasteiger partial charge >= 0.3 is 0 Å². The standard InChI is InChI=1S/C20H19ClFN3O2/c21-16-3-1-2-4-17(16)23-9-11-24(12-10-23)18-13-19(26)25(20(18)27)15-7-5-14(22)6-8-15/h1-8,18H,9-13H2/t18-/m0/s1. The number of nitrogens with zero attached hydrogens (tertiary/aromatic N) is 3. The van der Waals surface area contributed by atoms with Gasteiger partial charge in [-0.3, -0.25) is 14.5 Å². The van der Waals surface area contributed by atoms with E-state index in [9.17, 15) is 14.0 Å². The lowest BCUT2D eigenvalue weighted by Crippen LogP contribution is -2.52. The topological polar surface area (TPSA) is 43.9 Å². The summed E-state index contributed by atoms with van der Waals surface area (Å²) in [5.74, 6) is -0.881. The summed E-state index contributed by atoms with van der Waals surface area (Å²) in [5.41, 5.74) is 1.41. The molecule has 0 saturated carbocycles. The number of hydrogen-bond acceptors (Lipinski definition) is 4. The SMILES string of the molecule is O=C1C[C@H](N2CCN(c3ccccc3Cl)CC2)C(=O)N1c1ccc(F)cc1. The maximum atomic E-state index is 13.1. The van der Waals surface area contributed by atoms with Crippen molar-refractivity contribution in [2.24, 2.45) is 0 Å². The van der Waals surface area contributed by atoms with Crippen LogP contribution in [0.4, 0.5) is 15.8 Å². The number of benzene rings is 2. The van der Waals surface area contributed by atoms with Gasteiger partial charge in [-0.1, -0.05) is 23.7 Å². The highest BCUT2D eigenvalue weighted by Gasteiger charge is 2.43. The molecule has 2 aliphatic heterocycles. The molecule has 2 amide bonds. The summed E-state index contributed by atoms with van der Waals surface area (Å²) in [6, 6.07) is 12.7. The van der Waals surface area contributed by atoms with Gasteiger partial charge in [0.2, 0.25) is 5.91 Å². The van der Waals surface area contributed by atoms with Gasteiger partial charge in [0.1, 0.15) is 5.82 Å². The van der Waals surface area contributed by atoms with Crippen molar-refractivity contribution in [3.8, 4) is 0 Å². The van der Waals surface area contributed by atoms with Crippen molar-refractivity contribution in [1.82, 2.24) is 4.90 Å². The second kappa shape index (κ2) is 7.29. The van der Waals surface area contributed by atoms with Crippen LogP contribution in [-0.4, -0.2) is 48.9 Å². The smallest absolute Gasteiger partial charge is 0.251 e. The van der Waals surface area contributed by atoms with Crippen molar-refractivity contribution >= 4 is 34.8 Å². The molecule has 0 unspecified atom stereocenters. The average molecular weight is 388 g/mol. The van der Waals surface area contributed by atoms with Gasteiger partial charge in [-0.15, -0.1) is 0 Å². The molecule has 140 valence electrons. The Hall–Kier alpha value is -2.44. The first-order chi connectivity index (χ1) is 13.0. The molecule has 4 rings (SSSR count). The lowest BCUT2D eigenvalue weighted by Gasteiger charge is -2.38. The van der Waals surface area contributed by atoms with Gasteiger partial charge in [-0.25, -0.2) is 9.29 Å². The summed E-state index contributed by atoms with van der Waals surface area (Å²) in [6.45, 7) is 2.81. The van der Waals surface area contributed by atoms with Crippen LogP contribution in [0, 0.1) is 5.82 Å². The predicted molar refractivity (Wildman–Crippen MR) is 103 cm³/mol. The Bertz CT molecular complexity index is 866. The monoisotopic (exact) mass is 387 g/mol. The molecule has 2 aliphatic rings. The van der Waals surface area contributed by atoms with Crippen molar-refractivity contribution in [3.05, 3.63) is 59.4 Å². The van der Waals surface area contributed by atoms with Crippen molar-refractivity contribution < 1.29 is 14.0 Å². The fourth-order valence-electron chi connectivity index (χ4n) is 3.75. The van der Waals surface area contributed by atoms with Gasteiger partial charge in [0.05, 0.1) is 28.9 Å². The Morgan fingerprint density at radius 1 is 0.926 bits per heavy atom. The van der Waals surface area contributed by atoms with Gasteiger partial charge in [0, 0.05) is 26.2 Å². The number of carbonyl (C=O) groups is 2. The van der Waals surface area contributed by atoms with E-state index in [4.69, 9.17) is 11.6 Å². The van der Waals surface area contributed by atoms with Gasteiger partial charge in [-0.2, -0.15) is 0 Å². The van der Waals surface area contributed by atoms with Gasteiger partial charge in [0.25, 0.3) is 5.91 Å². The van der Waals surface area contributed by atoms with Crippen LogP contribution in [0.2, 0.25) is 5.02 Å². The van der Waals surface area contributed by atoms with Crippen molar-refractivity contribution in [3.63, 3.8) is 0 Å². The first-order valence-corrected chi connectivity index (χ1v) is 9.28. The third-order valence-electron chi connectivity index (χ3n) is 5.16. The third-order valence-corrected chi connectivity index (χ3v) is 5.48. The highest BCUT2D eigenvalue weighted by molar-refractivity contribution is 6.33. The van der Waals surface area contributed by atoms with Gasteiger partial charge < -0.3 is 4.90 Å². The van der Waals surface area contributed by atoms with Crippen LogP contribution in [-0.2, 0) is 9.59 Å². The van der Waals surface area contributed by atoms with Gasteiger partial charge in [-0.05, 0) is 36.4 Å². The van der Waals surface area contributed by atoms with Crippen LogP contribution in [0.1, 0.15) is 6.42 Å². The number of hydrogen-bond donors (Lipinski definition) is 0. The minimum Gasteiger partial charge on any atom is -0.368 e. The highest BCUT2D eigenvalue weighted by atomic mass is 35.5. The zero-order valence-electron chi connectivity index (χ0n) is 14.6. The lowest BCUT2D eigenvalue weighted by atomic mass is 10.1. The fraction of sp³-hybridized carbons (Fsp3) is 0.300. The number of anilines is 2. The molecule has 0 spiro atoms. The highest BCUT2D eigenvalue weighted by Crippen LogP contribution is 2.29. The molecule has 2 aromatic carbocycles. The quantitative estimate of drug-likeness (QED) is 0.759. The molecule has 2 aromatic rings. The molecule has 0 radical (unpaired) electrons. The van der Waals surface area contributed by atoms with Crippen LogP contribution in [0.25, 0.3) is 0 Å². The Labute approximate surface area is 161 Å². The van der Waals surface area contributed by atoms with Gasteiger partial charge in [0.15, 0.2) is 0 Å². The van der Waals surface area contributed by atoms with E-state index in [1.54, 1.807) is 0 Å². The molecule has 1 atom stereocenters. The summed E-state index contributed by atoms with van der Waals surface area (Å²) >= 11 is 6.27. The average Bonchev–Trinajstić information content (AvgIpc) is 2.97. The minimum atomic E-state index is -0.462. The number of halogens is 2. The Morgan fingerprint density at radius 2 is 1.59 bits per heavy atom. The maximum absolute atomic E-state index is 13.1. The van der Waals surface area contributed by atoms with Crippen molar-refractivity contribution in [1.29, 1.82) is 0 Å². The van der Waals surface area contributed by atoms with Crippen LogP contribution >= 0.6 is 11.6 Å². The molecule has 0 bridgehead atoms. The predicted octanol–water partition coefficient (Wildman–Crippen LogP) is 2.93. The first kappa shape index (κ1) is 17.9. The summed E-state index contributed by atoms with van der Waals surface area (Å²) in [5, 5.41) is 0.709. The number of para-hydroxylation sites is 1. The Kier molecular flexibility index (Phi) is 4.85. The Morgan fingerprint density at radius 3 is 2.26 bits per heavy atom. The molecule has 7 heteroatoms. The molecule has 0 aromatic heterocycles.